The van der Waals surface area contributed by atoms with Crippen LogP contribution in [0.25, 0.3) is 0 Å². The Bertz CT molecular complexity index is 236. The Morgan fingerprint density at radius 3 is 2.53 bits per heavy atom. The number of nitrogens with zero attached hydrogens (tertiary/aromatic N) is 1. The summed E-state index contributed by atoms with van der Waals surface area (Å²) in [5, 5.41) is 12.8. The molecule has 2 N–H and O–H groups in total. The van der Waals surface area contributed by atoms with Crippen molar-refractivity contribution in [1.29, 1.82) is 0 Å². The minimum Gasteiger partial charge on any atom is -0.394 e. The molecule has 0 radical (unpaired) electrons. The zero-order valence-electron chi connectivity index (χ0n) is 11.1. The Hall–Kier alpha value is -0.160. The van der Waals surface area contributed by atoms with Crippen LogP contribution in [0.3, 0.4) is 0 Å². The van der Waals surface area contributed by atoms with Crippen molar-refractivity contribution in [2.45, 2.75) is 49.8 Å². The zero-order chi connectivity index (χ0) is 12.3. The molecule has 4 nitrogen and oxygen atoms in total. The lowest BCUT2D eigenvalue weighted by atomic mass is 9.98. The van der Waals surface area contributed by atoms with Crippen molar-refractivity contribution >= 4 is 0 Å². The van der Waals surface area contributed by atoms with Crippen LogP contribution in [0.15, 0.2) is 0 Å². The number of rotatable bonds is 4. The van der Waals surface area contributed by atoms with Crippen molar-refractivity contribution in [1.82, 2.24) is 10.2 Å². The minimum absolute atomic E-state index is 0.0250. The maximum absolute atomic E-state index is 9.51. The molecule has 2 fully saturated rings. The molecule has 1 aliphatic carbocycles. The van der Waals surface area contributed by atoms with Gasteiger partial charge in [0.2, 0.25) is 0 Å². The van der Waals surface area contributed by atoms with E-state index >= 15 is 0 Å². The van der Waals surface area contributed by atoms with E-state index in [0.717, 1.165) is 38.8 Å². The number of aliphatic hydroxyl groups is 1. The molecule has 1 saturated carbocycles. The van der Waals surface area contributed by atoms with Gasteiger partial charge in [0.15, 0.2) is 0 Å². The first-order chi connectivity index (χ1) is 8.23. The van der Waals surface area contributed by atoms with Gasteiger partial charge in [0.05, 0.1) is 12.7 Å². The average Bonchev–Trinajstić information content (AvgIpc) is 2.84. The van der Waals surface area contributed by atoms with Gasteiger partial charge in [0, 0.05) is 31.8 Å². The molecule has 1 heterocycles. The van der Waals surface area contributed by atoms with Gasteiger partial charge in [-0.15, -0.1) is 0 Å². The number of ether oxygens (including phenoxy) is 1. The first-order valence-corrected chi connectivity index (χ1v) is 6.79. The van der Waals surface area contributed by atoms with Gasteiger partial charge in [-0.3, -0.25) is 0 Å². The molecule has 0 spiro atoms. The predicted octanol–water partition coefficient (Wildman–Crippen LogP) is 0.600. The van der Waals surface area contributed by atoms with Crippen molar-refractivity contribution in [2.75, 3.05) is 33.9 Å². The van der Waals surface area contributed by atoms with Gasteiger partial charge in [-0.2, -0.15) is 0 Å². The average molecular weight is 242 g/mol. The van der Waals surface area contributed by atoms with Gasteiger partial charge in [-0.25, -0.2) is 0 Å². The van der Waals surface area contributed by atoms with Crippen molar-refractivity contribution in [3.05, 3.63) is 0 Å². The van der Waals surface area contributed by atoms with E-state index in [4.69, 9.17) is 4.74 Å². The third kappa shape index (κ3) is 2.81. The summed E-state index contributed by atoms with van der Waals surface area (Å²) in [4.78, 5) is 2.59. The van der Waals surface area contributed by atoms with E-state index in [1.54, 1.807) is 0 Å². The van der Waals surface area contributed by atoms with Crippen LogP contribution in [0, 0.1) is 0 Å². The minimum atomic E-state index is -0.0250. The molecule has 0 amide bonds. The second-order valence-electron chi connectivity index (χ2n) is 5.56. The molecule has 2 rings (SSSR count). The summed E-state index contributed by atoms with van der Waals surface area (Å²) in [6.45, 7) is 2.55. The largest absolute Gasteiger partial charge is 0.394 e. The molecule has 4 heteroatoms. The number of likely N-dealkylation sites (N-methyl/N-ethyl adjacent to an activating group) is 1. The van der Waals surface area contributed by atoms with E-state index in [-0.39, 0.29) is 12.1 Å². The number of likely N-dealkylation sites (tertiary alicyclic amines) is 1. The molecule has 0 aromatic carbocycles. The van der Waals surface area contributed by atoms with Gasteiger partial charge in [0.1, 0.15) is 0 Å². The standard InChI is InChI=1S/C13H26N2O2/c1-14-13(10-16)6-3-11(9-13)15-7-4-12(17-2)5-8-15/h11-12,14,16H,3-10H2,1-2H3. The summed E-state index contributed by atoms with van der Waals surface area (Å²) in [6.07, 6.45) is 6.14. The van der Waals surface area contributed by atoms with Gasteiger partial charge in [0.25, 0.3) is 0 Å². The molecule has 0 aromatic rings. The fourth-order valence-corrected chi connectivity index (χ4v) is 3.34. The lowest BCUT2D eigenvalue weighted by molar-refractivity contribution is 0.0261. The van der Waals surface area contributed by atoms with Crippen LogP contribution in [-0.4, -0.2) is 61.5 Å². The molecule has 17 heavy (non-hydrogen) atoms. The van der Waals surface area contributed by atoms with Crippen LogP contribution < -0.4 is 5.32 Å². The quantitative estimate of drug-likeness (QED) is 0.758. The second-order valence-corrected chi connectivity index (χ2v) is 5.56. The molecule has 2 aliphatic rings. The van der Waals surface area contributed by atoms with Crippen LogP contribution >= 0.6 is 0 Å². The van der Waals surface area contributed by atoms with Crippen molar-refractivity contribution in [3.63, 3.8) is 0 Å². The highest BCUT2D eigenvalue weighted by Gasteiger charge is 2.40. The molecular weight excluding hydrogens is 216 g/mol. The van der Waals surface area contributed by atoms with Gasteiger partial charge in [-0.1, -0.05) is 0 Å². The first kappa shape index (κ1) is 13.3. The Balaban J connectivity index is 1.85. The van der Waals surface area contributed by atoms with Gasteiger partial charge in [-0.05, 0) is 39.2 Å². The number of hydrogen-bond donors (Lipinski definition) is 2. The van der Waals surface area contributed by atoms with E-state index in [9.17, 15) is 5.11 Å². The monoisotopic (exact) mass is 242 g/mol. The van der Waals surface area contributed by atoms with E-state index in [0.29, 0.717) is 12.1 Å². The molecule has 2 atom stereocenters. The third-order valence-corrected chi connectivity index (χ3v) is 4.74. The predicted molar refractivity (Wildman–Crippen MR) is 68.1 cm³/mol. The summed E-state index contributed by atoms with van der Waals surface area (Å²) in [6, 6.07) is 0.646. The summed E-state index contributed by atoms with van der Waals surface area (Å²) < 4.78 is 5.41. The number of methoxy groups -OCH3 is 1. The number of piperidine rings is 1. The number of aliphatic hydroxyl groups excluding tert-OH is 1. The van der Waals surface area contributed by atoms with Crippen LogP contribution in [0.4, 0.5) is 0 Å². The Labute approximate surface area is 104 Å². The molecule has 1 aliphatic heterocycles. The van der Waals surface area contributed by atoms with Crippen molar-refractivity contribution in [2.24, 2.45) is 0 Å². The summed E-state index contributed by atoms with van der Waals surface area (Å²) in [5.74, 6) is 0. The molecule has 100 valence electrons. The zero-order valence-corrected chi connectivity index (χ0v) is 11.1. The van der Waals surface area contributed by atoms with E-state index < -0.39 is 0 Å². The Kier molecular flexibility index (Phi) is 4.42. The van der Waals surface area contributed by atoms with Crippen LogP contribution in [0.2, 0.25) is 0 Å². The molecular formula is C13H26N2O2. The van der Waals surface area contributed by atoms with Crippen molar-refractivity contribution in [3.8, 4) is 0 Å². The smallest absolute Gasteiger partial charge is 0.0613 e. The summed E-state index contributed by atoms with van der Waals surface area (Å²) >= 11 is 0. The lowest BCUT2D eigenvalue weighted by Crippen LogP contribution is -2.47. The highest BCUT2D eigenvalue weighted by Crippen LogP contribution is 2.33. The van der Waals surface area contributed by atoms with E-state index in [1.807, 2.05) is 14.2 Å². The van der Waals surface area contributed by atoms with Crippen LogP contribution in [-0.2, 0) is 4.74 Å². The highest BCUT2D eigenvalue weighted by molar-refractivity contribution is 4.99. The van der Waals surface area contributed by atoms with Gasteiger partial charge < -0.3 is 20.1 Å². The topological polar surface area (TPSA) is 44.7 Å². The summed E-state index contributed by atoms with van der Waals surface area (Å²) in [5.41, 5.74) is -0.0250. The first-order valence-electron chi connectivity index (χ1n) is 6.79. The molecule has 0 bridgehead atoms. The maximum Gasteiger partial charge on any atom is 0.0613 e. The second kappa shape index (κ2) is 5.65. The Morgan fingerprint density at radius 1 is 1.35 bits per heavy atom. The SMILES string of the molecule is CNC1(CO)CCC(N2CCC(OC)CC2)C1. The Morgan fingerprint density at radius 2 is 2.06 bits per heavy atom. The molecule has 2 unspecified atom stereocenters. The summed E-state index contributed by atoms with van der Waals surface area (Å²) in [7, 11) is 3.78. The highest BCUT2D eigenvalue weighted by atomic mass is 16.5. The fraction of sp³-hybridized carbons (Fsp3) is 1.00. The fourth-order valence-electron chi connectivity index (χ4n) is 3.34. The normalized spacial score (nSPS) is 36.5. The van der Waals surface area contributed by atoms with E-state index in [2.05, 4.69) is 10.2 Å². The van der Waals surface area contributed by atoms with Crippen molar-refractivity contribution < 1.29 is 9.84 Å². The molecule has 0 aromatic heterocycles. The molecule has 1 saturated heterocycles. The number of hydrogen-bond acceptors (Lipinski definition) is 4. The third-order valence-electron chi connectivity index (χ3n) is 4.74. The lowest BCUT2D eigenvalue weighted by Gasteiger charge is -2.36. The van der Waals surface area contributed by atoms with Crippen LogP contribution in [0.1, 0.15) is 32.1 Å². The van der Waals surface area contributed by atoms with E-state index in [1.165, 1.54) is 6.42 Å². The van der Waals surface area contributed by atoms with Gasteiger partial charge >= 0.3 is 0 Å². The number of nitrogens with one attached hydrogen (secondary N) is 1. The van der Waals surface area contributed by atoms with Crippen LogP contribution in [0.5, 0.6) is 0 Å². The maximum atomic E-state index is 9.51.